The van der Waals surface area contributed by atoms with Gasteiger partial charge in [0.05, 0.1) is 12.0 Å². The molecule has 0 aromatic heterocycles. The van der Waals surface area contributed by atoms with Crippen molar-refractivity contribution in [1.82, 2.24) is 0 Å². The number of aryl methyl sites for hydroxylation is 1. The highest BCUT2D eigenvalue weighted by molar-refractivity contribution is 7.92. The van der Waals surface area contributed by atoms with Crippen LogP contribution in [0.15, 0.2) is 47.4 Å². The molecule has 0 bridgehead atoms. The van der Waals surface area contributed by atoms with Crippen LogP contribution in [-0.2, 0) is 10.0 Å². The minimum absolute atomic E-state index is 0.0581. The van der Waals surface area contributed by atoms with Gasteiger partial charge >= 0.3 is 0 Å². The molecular weight excluding hydrogens is 281 g/mol. The van der Waals surface area contributed by atoms with E-state index in [0.717, 1.165) is 17.7 Å². The summed E-state index contributed by atoms with van der Waals surface area (Å²) in [6.07, 6.45) is 0. The maximum absolute atomic E-state index is 13.3. The summed E-state index contributed by atoms with van der Waals surface area (Å²) in [4.78, 5) is -0.0581. The second-order valence-corrected chi connectivity index (χ2v) is 5.95. The molecule has 106 valence electrons. The molecule has 0 spiro atoms. The number of rotatable bonds is 4. The molecule has 0 aliphatic rings. The fourth-order valence-corrected chi connectivity index (χ4v) is 2.79. The zero-order valence-electron chi connectivity index (χ0n) is 11.1. The van der Waals surface area contributed by atoms with Crippen LogP contribution in [0.4, 0.5) is 10.1 Å². The zero-order valence-corrected chi connectivity index (χ0v) is 11.9. The minimum atomic E-state index is -3.78. The Morgan fingerprint density at radius 1 is 1.15 bits per heavy atom. The highest BCUT2D eigenvalue weighted by Gasteiger charge is 2.16. The third-order valence-corrected chi connectivity index (χ3v) is 4.08. The number of hydrogen-bond acceptors (Lipinski definition) is 3. The molecule has 0 heterocycles. The molecule has 6 heteroatoms. The summed E-state index contributed by atoms with van der Waals surface area (Å²) in [7, 11) is -2.50. The molecule has 1 N–H and O–H groups in total. The van der Waals surface area contributed by atoms with Crippen LogP contribution >= 0.6 is 0 Å². The van der Waals surface area contributed by atoms with Crippen LogP contribution in [-0.4, -0.2) is 15.5 Å². The molecule has 0 saturated heterocycles. The first kappa shape index (κ1) is 14.3. The van der Waals surface area contributed by atoms with Crippen LogP contribution in [0.2, 0.25) is 0 Å². The molecule has 0 fully saturated rings. The van der Waals surface area contributed by atoms with Crippen molar-refractivity contribution in [3.63, 3.8) is 0 Å². The number of ether oxygens (including phenoxy) is 1. The molecule has 2 aromatic rings. The van der Waals surface area contributed by atoms with E-state index in [9.17, 15) is 12.8 Å². The van der Waals surface area contributed by atoms with E-state index in [4.69, 9.17) is 4.74 Å². The van der Waals surface area contributed by atoms with Crippen LogP contribution in [0.25, 0.3) is 0 Å². The van der Waals surface area contributed by atoms with Gasteiger partial charge in [-0.05, 0) is 36.8 Å². The van der Waals surface area contributed by atoms with Gasteiger partial charge in [0, 0.05) is 11.8 Å². The second kappa shape index (κ2) is 5.50. The van der Waals surface area contributed by atoms with Gasteiger partial charge in [0.25, 0.3) is 10.0 Å². The molecule has 0 aliphatic carbocycles. The van der Waals surface area contributed by atoms with Crippen molar-refractivity contribution in [2.45, 2.75) is 11.8 Å². The lowest BCUT2D eigenvalue weighted by molar-refractivity contribution is 0.385. The van der Waals surface area contributed by atoms with Crippen LogP contribution in [0.5, 0.6) is 5.75 Å². The Morgan fingerprint density at radius 3 is 2.55 bits per heavy atom. The molecule has 0 amide bonds. The van der Waals surface area contributed by atoms with E-state index in [1.165, 1.54) is 13.2 Å². The number of sulfonamides is 1. The lowest BCUT2D eigenvalue weighted by Crippen LogP contribution is -2.13. The van der Waals surface area contributed by atoms with Crippen molar-refractivity contribution >= 4 is 15.7 Å². The van der Waals surface area contributed by atoms with Gasteiger partial charge in [-0.3, -0.25) is 4.72 Å². The van der Waals surface area contributed by atoms with E-state index < -0.39 is 15.8 Å². The van der Waals surface area contributed by atoms with Gasteiger partial charge < -0.3 is 4.74 Å². The molecule has 20 heavy (non-hydrogen) atoms. The topological polar surface area (TPSA) is 55.4 Å². The lowest BCUT2D eigenvalue weighted by atomic mass is 10.2. The van der Waals surface area contributed by atoms with E-state index >= 15 is 0 Å². The third kappa shape index (κ3) is 3.08. The first-order chi connectivity index (χ1) is 9.42. The summed E-state index contributed by atoms with van der Waals surface area (Å²) in [6, 6.07) is 10.4. The zero-order chi connectivity index (χ0) is 14.8. The van der Waals surface area contributed by atoms with Crippen molar-refractivity contribution in [3.8, 4) is 5.75 Å². The van der Waals surface area contributed by atoms with Gasteiger partial charge in [0.1, 0.15) is 0 Å². The highest BCUT2D eigenvalue weighted by Crippen LogP contribution is 2.23. The van der Waals surface area contributed by atoms with Gasteiger partial charge in [-0.25, -0.2) is 12.8 Å². The summed E-state index contributed by atoms with van der Waals surface area (Å²) >= 11 is 0. The summed E-state index contributed by atoms with van der Waals surface area (Å²) in [5, 5.41) is 0. The third-order valence-electron chi connectivity index (χ3n) is 2.70. The Bertz CT molecular complexity index is 729. The Kier molecular flexibility index (Phi) is 3.94. The van der Waals surface area contributed by atoms with Crippen molar-refractivity contribution < 1.29 is 17.5 Å². The highest BCUT2D eigenvalue weighted by atomic mass is 32.2. The first-order valence-electron chi connectivity index (χ1n) is 5.85. The fourth-order valence-electron chi connectivity index (χ4n) is 1.73. The van der Waals surface area contributed by atoms with Crippen LogP contribution < -0.4 is 9.46 Å². The lowest BCUT2D eigenvalue weighted by Gasteiger charge is -2.10. The number of benzene rings is 2. The van der Waals surface area contributed by atoms with Gasteiger partial charge in [0.15, 0.2) is 11.6 Å². The molecule has 0 saturated carbocycles. The molecule has 0 unspecified atom stereocenters. The van der Waals surface area contributed by atoms with E-state index in [2.05, 4.69) is 4.72 Å². The largest absolute Gasteiger partial charge is 0.494 e. The summed E-state index contributed by atoms with van der Waals surface area (Å²) in [5.74, 6) is -0.723. The average Bonchev–Trinajstić information content (AvgIpc) is 2.38. The molecule has 0 aliphatic heterocycles. The quantitative estimate of drug-likeness (QED) is 0.943. The molecule has 0 atom stereocenters. The van der Waals surface area contributed by atoms with E-state index in [-0.39, 0.29) is 10.6 Å². The van der Waals surface area contributed by atoms with Crippen molar-refractivity contribution in [3.05, 3.63) is 53.8 Å². The number of anilines is 1. The smallest absolute Gasteiger partial charge is 0.262 e. The van der Waals surface area contributed by atoms with Crippen LogP contribution in [0, 0.1) is 12.7 Å². The summed E-state index contributed by atoms with van der Waals surface area (Å²) in [5.41, 5.74) is 1.38. The number of nitrogens with one attached hydrogen (secondary N) is 1. The van der Waals surface area contributed by atoms with Gasteiger partial charge in [0.2, 0.25) is 0 Å². The van der Waals surface area contributed by atoms with E-state index in [0.29, 0.717) is 5.69 Å². The Hall–Kier alpha value is -2.08. The summed E-state index contributed by atoms with van der Waals surface area (Å²) < 4.78 is 44.9. The molecule has 2 aromatic carbocycles. The van der Waals surface area contributed by atoms with Gasteiger partial charge in [-0.15, -0.1) is 0 Å². The monoisotopic (exact) mass is 295 g/mol. The molecule has 4 nitrogen and oxygen atoms in total. The van der Waals surface area contributed by atoms with E-state index in [1.807, 2.05) is 13.0 Å². The Morgan fingerprint density at radius 2 is 1.90 bits per heavy atom. The maximum atomic E-state index is 13.3. The van der Waals surface area contributed by atoms with Gasteiger partial charge in [-0.1, -0.05) is 12.1 Å². The average molecular weight is 295 g/mol. The second-order valence-electron chi connectivity index (χ2n) is 4.27. The molecule has 2 rings (SSSR count). The van der Waals surface area contributed by atoms with Crippen molar-refractivity contribution in [1.29, 1.82) is 0 Å². The van der Waals surface area contributed by atoms with Crippen molar-refractivity contribution in [2.75, 3.05) is 11.8 Å². The Balaban J connectivity index is 2.35. The Labute approximate surface area is 117 Å². The van der Waals surface area contributed by atoms with Gasteiger partial charge in [-0.2, -0.15) is 0 Å². The van der Waals surface area contributed by atoms with Crippen molar-refractivity contribution in [2.24, 2.45) is 0 Å². The number of hydrogen-bond donors (Lipinski definition) is 1. The predicted octanol–water partition coefficient (Wildman–Crippen LogP) is 2.94. The molecular formula is C14H14FNO3S. The predicted molar refractivity (Wildman–Crippen MR) is 74.9 cm³/mol. The van der Waals surface area contributed by atoms with E-state index in [1.54, 1.807) is 18.2 Å². The van der Waals surface area contributed by atoms with Crippen LogP contribution in [0.1, 0.15) is 5.56 Å². The normalized spacial score (nSPS) is 11.2. The summed E-state index contributed by atoms with van der Waals surface area (Å²) in [6.45, 7) is 1.86. The maximum Gasteiger partial charge on any atom is 0.262 e. The van der Waals surface area contributed by atoms with Crippen LogP contribution in [0.3, 0.4) is 0 Å². The SMILES string of the molecule is COc1cc(S(=O)(=O)Nc2cccc(C)c2)ccc1F. The fraction of sp³-hybridized carbons (Fsp3) is 0.143. The number of methoxy groups -OCH3 is 1. The number of halogens is 1. The molecule has 0 radical (unpaired) electrons. The minimum Gasteiger partial charge on any atom is -0.494 e. The standard InChI is InChI=1S/C14H14FNO3S/c1-10-4-3-5-11(8-10)16-20(17,18)12-6-7-13(15)14(9-12)19-2/h3-9,16H,1-2H3. The first-order valence-corrected chi connectivity index (χ1v) is 7.34.